The summed E-state index contributed by atoms with van der Waals surface area (Å²) in [4.78, 5) is 0. The summed E-state index contributed by atoms with van der Waals surface area (Å²) in [6, 6.07) is 10.2. The summed E-state index contributed by atoms with van der Waals surface area (Å²) >= 11 is 0. The number of benzene rings is 1. The summed E-state index contributed by atoms with van der Waals surface area (Å²) in [5, 5.41) is 7.57. The van der Waals surface area contributed by atoms with E-state index in [0.717, 1.165) is 11.3 Å². The molecule has 1 aromatic heterocycles. The van der Waals surface area contributed by atoms with Gasteiger partial charge in [0.05, 0.1) is 5.69 Å². The predicted molar refractivity (Wildman–Crippen MR) is 63.9 cm³/mol. The molecule has 0 saturated heterocycles. The molecule has 1 saturated carbocycles. The average Bonchev–Trinajstić information content (AvgIpc) is 3.09. The SMILES string of the molecule is NCc1c(-c2ccccc2)n[nH]c1C1CC1. The second-order valence-corrected chi connectivity index (χ2v) is 4.31. The lowest BCUT2D eigenvalue weighted by Crippen LogP contribution is -2.00. The minimum absolute atomic E-state index is 0.562. The molecule has 3 nitrogen and oxygen atoms in total. The second kappa shape index (κ2) is 3.76. The Morgan fingerprint density at radius 2 is 2.00 bits per heavy atom. The number of H-pyrrole nitrogens is 1. The Morgan fingerprint density at radius 3 is 2.62 bits per heavy atom. The maximum Gasteiger partial charge on any atom is 0.0968 e. The molecule has 0 unspecified atom stereocenters. The van der Waals surface area contributed by atoms with Crippen LogP contribution in [0.25, 0.3) is 11.3 Å². The largest absolute Gasteiger partial charge is 0.326 e. The smallest absolute Gasteiger partial charge is 0.0968 e. The van der Waals surface area contributed by atoms with Gasteiger partial charge in [0.25, 0.3) is 0 Å². The molecule has 0 amide bonds. The first-order valence-electron chi connectivity index (χ1n) is 5.72. The summed E-state index contributed by atoms with van der Waals surface area (Å²) in [5.41, 5.74) is 10.4. The fourth-order valence-corrected chi connectivity index (χ4v) is 2.13. The Balaban J connectivity index is 2.07. The van der Waals surface area contributed by atoms with Crippen LogP contribution in [-0.4, -0.2) is 10.2 Å². The molecule has 2 aromatic rings. The second-order valence-electron chi connectivity index (χ2n) is 4.31. The zero-order chi connectivity index (χ0) is 11.0. The van der Waals surface area contributed by atoms with E-state index in [0.29, 0.717) is 12.5 Å². The summed E-state index contributed by atoms with van der Waals surface area (Å²) in [7, 11) is 0. The highest BCUT2D eigenvalue weighted by atomic mass is 15.1. The van der Waals surface area contributed by atoms with Gasteiger partial charge in [0.1, 0.15) is 0 Å². The van der Waals surface area contributed by atoms with Gasteiger partial charge in [-0.25, -0.2) is 0 Å². The summed E-state index contributed by atoms with van der Waals surface area (Å²) in [6.07, 6.45) is 2.53. The van der Waals surface area contributed by atoms with Gasteiger partial charge in [0, 0.05) is 29.3 Å². The molecular formula is C13H15N3. The zero-order valence-corrected chi connectivity index (χ0v) is 9.11. The van der Waals surface area contributed by atoms with Crippen LogP contribution in [0.15, 0.2) is 30.3 Å². The van der Waals surface area contributed by atoms with Crippen molar-refractivity contribution in [3.8, 4) is 11.3 Å². The fraction of sp³-hybridized carbons (Fsp3) is 0.308. The number of aromatic amines is 1. The van der Waals surface area contributed by atoms with Crippen LogP contribution in [0.1, 0.15) is 30.0 Å². The number of nitrogens with one attached hydrogen (secondary N) is 1. The normalized spacial score (nSPS) is 15.3. The lowest BCUT2D eigenvalue weighted by Gasteiger charge is -2.01. The molecule has 0 radical (unpaired) electrons. The first-order chi connectivity index (χ1) is 7.90. The van der Waals surface area contributed by atoms with Gasteiger partial charge in [-0.3, -0.25) is 5.10 Å². The molecule has 1 fully saturated rings. The number of rotatable bonds is 3. The van der Waals surface area contributed by atoms with Crippen LogP contribution in [-0.2, 0) is 6.54 Å². The van der Waals surface area contributed by atoms with E-state index in [1.165, 1.54) is 24.1 Å². The molecule has 1 aliphatic carbocycles. The Labute approximate surface area is 94.7 Å². The van der Waals surface area contributed by atoms with Crippen molar-refractivity contribution in [2.45, 2.75) is 25.3 Å². The quantitative estimate of drug-likeness (QED) is 0.822. The molecule has 3 rings (SSSR count). The van der Waals surface area contributed by atoms with Crippen molar-refractivity contribution in [2.24, 2.45) is 5.73 Å². The van der Waals surface area contributed by atoms with Crippen LogP contribution in [0.3, 0.4) is 0 Å². The molecule has 0 aliphatic heterocycles. The number of hydrogen-bond donors (Lipinski definition) is 2. The average molecular weight is 213 g/mol. The predicted octanol–water partition coefficient (Wildman–Crippen LogP) is 2.41. The molecule has 0 atom stereocenters. The monoisotopic (exact) mass is 213 g/mol. The van der Waals surface area contributed by atoms with Gasteiger partial charge >= 0.3 is 0 Å². The first kappa shape index (κ1) is 9.60. The van der Waals surface area contributed by atoms with Crippen molar-refractivity contribution in [2.75, 3.05) is 0 Å². The lowest BCUT2D eigenvalue weighted by atomic mass is 10.0. The highest BCUT2D eigenvalue weighted by Crippen LogP contribution is 2.42. The van der Waals surface area contributed by atoms with Crippen molar-refractivity contribution < 1.29 is 0 Å². The van der Waals surface area contributed by atoms with Crippen molar-refractivity contribution in [3.63, 3.8) is 0 Å². The molecule has 3 heteroatoms. The van der Waals surface area contributed by atoms with E-state index in [-0.39, 0.29) is 0 Å². The first-order valence-corrected chi connectivity index (χ1v) is 5.72. The minimum atomic E-state index is 0.562. The van der Waals surface area contributed by atoms with Gasteiger partial charge in [0.2, 0.25) is 0 Å². The molecule has 16 heavy (non-hydrogen) atoms. The molecule has 82 valence electrons. The topological polar surface area (TPSA) is 54.7 Å². The third-order valence-electron chi connectivity index (χ3n) is 3.14. The van der Waals surface area contributed by atoms with Gasteiger partial charge in [-0.05, 0) is 12.8 Å². The van der Waals surface area contributed by atoms with Crippen LogP contribution < -0.4 is 5.73 Å². The van der Waals surface area contributed by atoms with E-state index in [1.807, 2.05) is 18.2 Å². The molecule has 0 spiro atoms. The van der Waals surface area contributed by atoms with Crippen LogP contribution in [0, 0.1) is 0 Å². The zero-order valence-electron chi connectivity index (χ0n) is 9.11. The minimum Gasteiger partial charge on any atom is -0.326 e. The van der Waals surface area contributed by atoms with Gasteiger partial charge in [-0.2, -0.15) is 5.10 Å². The third kappa shape index (κ3) is 1.53. The van der Waals surface area contributed by atoms with E-state index < -0.39 is 0 Å². The van der Waals surface area contributed by atoms with Gasteiger partial charge in [0.15, 0.2) is 0 Å². The van der Waals surface area contributed by atoms with Crippen LogP contribution in [0.5, 0.6) is 0 Å². The molecule has 1 aromatic carbocycles. The van der Waals surface area contributed by atoms with Gasteiger partial charge in [-0.15, -0.1) is 0 Å². The van der Waals surface area contributed by atoms with Crippen molar-refractivity contribution >= 4 is 0 Å². The van der Waals surface area contributed by atoms with Crippen LogP contribution in [0.2, 0.25) is 0 Å². The highest BCUT2D eigenvalue weighted by molar-refractivity contribution is 5.64. The number of nitrogens with zero attached hydrogens (tertiary/aromatic N) is 1. The molecule has 1 aliphatic rings. The summed E-state index contributed by atoms with van der Waals surface area (Å²) in [5.74, 6) is 0.670. The molecule has 0 bridgehead atoms. The number of nitrogens with two attached hydrogens (primary N) is 1. The van der Waals surface area contributed by atoms with Crippen molar-refractivity contribution in [1.29, 1.82) is 0 Å². The van der Waals surface area contributed by atoms with Crippen LogP contribution in [0.4, 0.5) is 0 Å². The van der Waals surface area contributed by atoms with Crippen LogP contribution >= 0.6 is 0 Å². The molecule has 1 heterocycles. The van der Waals surface area contributed by atoms with E-state index in [1.54, 1.807) is 0 Å². The Hall–Kier alpha value is -1.61. The van der Waals surface area contributed by atoms with Crippen molar-refractivity contribution in [3.05, 3.63) is 41.6 Å². The maximum absolute atomic E-state index is 5.84. The highest BCUT2D eigenvalue weighted by Gasteiger charge is 2.29. The third-order valence-corrected chi connectivity index (χ3v) is 3.14. The number of hydrogen-bond acceptors (Lipinski definition) is 2. The summed E-state index contributed by atoms with van der Waals surface area (Å²) in [6.45, 7) is 0.562. The number of aromatic nitrogens is 2. The van der Waals surface area contributed by atoms with E-state index in [9.17, 15) is 0 Å². The lowest BCUT2D eigenvalue weighted by molar-refractivity contribution is 0.938. The van der Waals surface area contributed by atoms with E-state index in [4.69, 9.17) is 5.73 Å². The standard InChI is InChI=1S/C13H15N3/c14-8-11-12(9-4-2-1-3-5-9)15-16-13(11)10-6-7-10/h1-5,10H,6-8,14H2,(H,15,16). The van der Waals surface area contributed by atoms with E-state index >= 15 is 0 Å². The Kier molecular flexibility index (Phi) is 2.26. The maximum atomic E-state index is 5.84. The van der Waals surface area contributed by atoms with E-state index in [2.05, 4.69) is 22.3 Å². The fourth-order valence-electron chi connectivity index (χ4n) is 2.13. The summed E-state index contributed by atoms with van der Waals surface area (Å²) < 4.78 is 0. The molecule has 3 N–H and O–H groups in total. The Bertz CT molecular complexity index is 483. The van der Waals surface area contributed by atoms with Gasteiger partial charge in [-0.1, -0.05) is 30.3 Å². The Morgan fingerprint density at radius 1 is 1.25 bits per heavy atom. The van der Waals surface area contributed by atoms with Crippen molar-refractivity contribution in [1.82, 2.24) is 10.2 Å². The van der Waals surface area contributed by atoms with Gasteiger partial charge < -0.3 is 5.73 Å². The molecular weight excluding hydrogens is 198 g/mol.